The Bertz CT molecular complexity index is 1010. The Kier molecular flexibility index (Phi) is 8.64. The first-order valence-electron chi connectivity index (χ1n) is 10.2. The van der Waals surface area contributed by atoms with Crippen molar-refractivity contribution in [1.29, 1.82) is 0 Å². The first kappa shape index (κ1) is 23.3. The number of hydrogen-bond acceptors (Lipinski definition) is 8. The van der Waals surface area contributed by atoms with Gasteiger partial charge < -0.3 is 15.4 Å². The van der Waals surface area contributed by atoms with E-state index in [-0.39, 0.29) is 5.91 Å². The van der Waals surface area contributed by atoms with E-state index in [0.717, 1.165) is 49.4 Å². The van der Waals surface area contributed by atoms with E-state index in [4.69, 9.17) is 21.5 Å². The average Bonchev–Trinajstić information content (AvgIpc) is 3.25. The van der Waals surface area contributed by atoms with Crippen molar-refractivity contribution in [3.05, 3.63) is 47.9 Å². The molecular formula is C21H26ClN7O3. The lowest BCUT2D eigenvalue weighted by atomic mass is 10.1. The second kappa shape index (κ2) is 11.9. The van der Waals surface area contributed by atoms with Crippen LogP contribution in [0.1, 0.15) is 32.1 Å². The van der Waals surface area contributed by atoms with Gasteiger partial charge in [0.2, 0.25) is 11.9 Å². The molecule has 0 aliphatic carbocycles. The number of ether oxygens (including phenoxy) is 1. The molecule has 4 N–H and O–H groups in total. The van der Waals surface area contributed by atoms with Gasteiger partial charge in [-0.1, -0.05) is 24.4 Å². The van der Waals surface area contributed by atoms with Gasteiger partial charge in [0.05, 0.1) is 25.2 Å². The zero-order valence-corrected chi connectivity index (χ0v) is 18.5. The molecule has 1 amide bonds. The summed E-state index contributed by atoms with van der Waals surface area (Å²) < 4.78 is 7.01. The molecule has 3 rings (SSSR count). The summed E-state index contributed by atoms with van der Waals surface area (Å²) in [6.45, 7) is 0.764. The van der Waals surface area contributed by atoms with E-state index in [1.165, 1.54) is 6.20 Å². The van der Waals surface area contributed by atoms with Crippen molar-refractivity contribution in [3.63, 3.8) is 0 Å². The molecule has 0 spiro atoms. The van der Waals surface area contributed by atoms with E-state index in [1.54, 1.807) is 18.8 Å². The van der Waals surface area contributed by atoms with Gasteiger partial charge in [0.25, 0.3) is 0 Å². The summed E-state index contributed by atoms with van der Waals surface area (Å²) in [7, 11) is 1.62. The molecule has 2 heterocycles. The summed E-state index contributed by atoms with van der Waals surface area (Å²) in [5.74, 6) is 1.29. The molecule has 0 atom stereocenters. The molecule has 0 aliphatic rings. The lowest BCUT2D eigenvalue weighted by Gasteiger charge is -2.10. The van der Waals surface area contributed by atoms with Crippen LogP contribution in [0.5, 0.6) is 5.75 Å². The number of unbranched alkanes of at least 4 members (excludes halogenated alkanes) is 3. The van der Waals surface area contributed by atoms with Crippen LogP contribution in [0.3, 0.4) is 0 Å². The van der Waals surface area contributed by atoms with Crippen LogP contribution in [0.2, 0.25) is 5.02 Å². The van der Waals surface area contributed by atoms with E-state index in [2.05, 4.69) is 25.7 Å². The zero-order valence-electron chi connectivity index (χ0n) is 17.7. The quantitative estimate of drug-likeness (QED) is 0.179. The standard InChI is InChI=1S/C21H26ClN7O3/c1-32-17-9-7-15(8-10-17)25-20-18(22)13-23-21(27-20)26-16-12-24-29(14-16)11-5-3-2-4-6-19(30)28-31/h7-10,12-14,31H,2-6,11H2,1H3,(H,28,30)(H2,23,25,26,27). The molecule has 10 nitrogen and oxygen atoms in total. The Balaban J connectivity index is 1.50. The van der Waals surface area contributed by atoms with Crippen LogP contribution in [-0.4, -0.2) is 38.0 Å². The van der Waals surface area contributed by atoms with Crippen molar-refractivity contribution in [3.8, 4) is 5.75 Å². The van der Waals surface area contributed by atoms with Gasteiger partial charge in [-0.2, -0.15) is 10.1 Å². The van der Waals surface area contributed by atoms with Gasteiger partial charge >= 0.3 is 0 Å². The number of carbonyl (C=O) groups is 1. The SMILES string of the molecule is COc1ccc(Nc2nc(Nc3cnn(CCCCCCC(=O)NO)c3)ncc2Cl)cc1. The van der Waals surface area contributed by atoms with Gasteiger partial charge in [0.1, 0.15) is 10.8 Å². The Morgan fingerprint density at radius 1 is 1.09 bits per heavy atom. The monoisotopic (exact) mass is 459 g/mol. The zero-order chi connectivity index (χ0) is 22.8. The molecule has 11 heteroatoms. The molecule has 2 aromatic heterocycles. The van der Waals surface area contributed by atoms with E-state index in [9.17, 15) is 4.79 Å². The van der Waals surface area contributed by atoms with Crippen molar-refractivity contribution < 1.29 is 14.7 Å². The lowest BCUT2D eigenvalue weighted by molar-refractivity contribution is -0.129. The summed E-state index contributed by atoms with van der Waals surface area (Å²) >= 11 is 6.24. The molecule has 0 saturated heterocycles. The predicted molar refractivity (Wildman–Crippen MR) is 122 cm³/mol. The van der Waals surface area contributed by atoms with E-state index >= 15 is 0 Å². The highest BCUT2D eigenvalue weighted by atomic mass is 35.5. The van der Waals surface area contributed by atoms with Crippen molar-refractivity contribution >= 4 is 40.6 Å². The number of aryl methyl sites for hydroxylation is 1. The lowest BCUT2D eigenvalue weighted by Crippen LogP contribution is -2.17. The number of methoxy groups -OCH3 is 1. The van der Waals surface area contributed by atoms with Gasteiger partial charge in [-0.15, -0.1) is 0 Å². The minimum atomic E-state index is -0.348. The summed E-state index contributed by atoms with van der Waals surface area (Å²) in [6, 6.07) is 7.43. The molecule has 0 bridgehead atoms. The van der Waals surface area contributed by atoms with E-state index in [1.807, 2.05) is 35.1 Å². The number of amides is 1. The second-order valence-electron chi connectivity index (χ2n) is 7.06. The van der Waals surface area contributed by atoms with E-state index < -0.39 is 0 Å². The summed E-state index contributed by atoms with van der Waals surface area (Å²) in [5, 5.41) is 19.5. The third-order valence-electron chi connectivity index (χ3n) is 4.65. The molecule has 1 aromatic carbocycles. The number of hydrogen-bond donors (Lipinski definition) is 4. The maximum absolute atomic E-state index is 11.0. The van der Waals surface area contributed by atoms with Gasteiger partial charge in [0.15, 0.2) is 5.82 Å². The fraction of sp³-hybridized carbons (Fsp3) is 0.333. The fourth-order valence-corrected chi connectivity index (χ4v) is 3.11. The Labute approximate surface area is 190 Å². The summed E-state index contributed by atoms with van der Waals surface area (Å²) in [5.41, 5.74) is 3.23. The van der Waals surface area contributed by atoms with Gasteiger partial charge in [0, 0.05) is 24.8 Å². The number of rotatable bonds is 12. The van der Waals surface area contributed by atoms with Crippen LogP contribution in [0.25, 0.3) is 0 Å². The summed E-state index contributed by atoms with van der Waals surface area (Å²) in [4.78, 5) is 19.6. The molecule has 32 heavy (non-hydrogen) atoms. The first-order valence-corrected chi connectivity index (χ1v) is 10.6. The smallest absolute Gasteiger partial charge is 0.243 e. The van der Waals surface area contributed by atoms with Crippen LogP contribution in [0.15, 0.2) is 42.9 Å². The number of anilines is 4. The molecule has 170 valence electrons. The maximum Gasteiger partial charge on any atom is 0.243 e. The van der Waals surface area contributed by atoms with Crippen molar-refractivity contribution in [2.24, 2.45) is 0 Å². The van der Waals surface area contributed by atoms with Crippen molar-refractivity contribution in [2.75, 3.05) is 17.7 Å². The number of benzene rings is 1. The Morgan fingerprint density at radius 2 is 1.88 bits per heavy atom. The minimum absolute atomic E-state index is 0.336. The second-order valence-corrected chi connectivity index (χ2v) is 7.47. The molecule has 0 fully saturated rings. The topological polar surface area (TPSA) is 126 Å². The minimum Gasteiger partial charge on any atom is -0.497 e. The number of aromatic nitrogens is 4. The highest BCUT2D eigenvalue weighted by Gasteiger charge is 2.08. The van der Waals surface area contributed by atoms with Gasteiger partial charge in [-0.05, 0) is 37.1 Å². The van der Waals surface area contributed by atoms with E-state index in [0.29, 0.717) is 23.2 Å². The highest BCUT2D eigenvalue weighted by Crippen LogP contribution is 2.26. The molecule has 3 aromatic rings. The Hall–Kier alpha value is -3.37. The first-order chi connectivity index (χ1) is 15.6. The molecular weight excluding hydrogens is 434 g/mol. The van der Waals surface area contributed by atoms with Crippen LogP contribution < -0.4 is 20.9 Å². The predicted octanol–water partition coefficient (Wildman–Crippen LogP) is 4.28. The fourth-order valence-electron chi connectivity index (χ4n) is 2.97. The molecule has 0 saturated carbocycles. The number of hydroxylamine groups is 1. The van der Waals surface area contributed by atoms with Crippen molar-refractivity contribution in [2.45, 2.75) is 38.6 Å². The van der Waals surface area contributed by atoms with Gasteiger partial charge in [-0.25, -0.2) is 10.5 Å². The van der Waals surface area contributed by atoms with Gasteiger partial charge in [-0.3, -0.25) is 14.7 Å². The third-order valence-corrected chi connectivity index (χ3v) is 4.93. The third kappa shape index (κ3) is 7.10. The summed E-state index contributed by atoms with van der Waals surface area (Å²) in [6.07, 6.45) is 9.04. The maximum atomic E-state index is 11.0. The van der Waals surface area contributed by atoms with Crippen LogP contribution in [0.4, 0.5) is 23.1 Å². The molecule has 0 unspecified atom stereocenters. The number of nitrogens with zero attached hydrogens (tertiary/aromatic N) is 4. The number of nitrogens with one attached hydrogen (secondary N) is 3. The normalized spacial score (nSPS) is 10.6. The molecule has 0 radical (unpaired) electrons. The van der Waals surface area contributed by atoms with Crippen LogP contribution in [0, 0.1) is 0 Å². The molecule has 0 aliphatic heterocycles. The number of carbonyl (C=O) groups excluding carboxylic acids is 1. The number of halogens is 1. The Morgan fingerprint density at radius 3 is 2.62 bits per heavy atom. The largest absolute Gasteiger partial charge is 0.497 e. The van der Waals surface area contributed by atoms with Crippen molar-refractivity contribution in [1.82, 2.24) is 25.2 Å². The highest BCUT2D eigenvalue weighted by molar-refractivity contribution is 6.32. The van der Waals surface area contributed by atoms with Crippen LogP contribution in [-0.2, 0) is 11.3 Å². The average molecular weight is 460 g/mol. The van der Waals surface area contributed by atoms with Crippen LogP contribution >= 0.6 is 11.6 Å².